The molecule has 2 aromatic rings. The molecule has 1 aromatic carbocycles. The Morgan fingerprint density at radius 2 is 1.96 bits per heavy atom. The summed E-state index contributed by atoms with van der Waals surface area (Å²) in [5, 5.41) is 1.30. The highest BCUT2D eigenvalue weighted by atomic mass is 35.5. The van der Waals surface area contributed by atoms with Crippen molar-refractivity contribution in [1.82, 2.24) is 14.9 Å². The summed E-state index contributed by atoms with van der Waals surface area (Å²) in [6, 6.07) is 5.61. The van der Waals surface area contributed by atoms with Crippen LogP contribution in [0.3, 0.4) is 0 Å². The molecule has 0 bridgehead atoms. The molecule has 0 unspecified atom stereocenters. The average Bonchev–Trinajstić information content (AvgIpc) is 3.29. The van der Waals surface area contributed by atoms with Gasteiger partial charge in [-0.05, 0) is 48.9 Å². The van der Waals surface area contributed by atoms with Crippen molar-refractivity contribution in [3.05, 3.63) is 61.2 Å². The number of halogens is 2. The van der Waals surface area contributed by atoms with Crippen LogP contribution < -0.4 is 5.56 Å². The first-order chi connectivity index (χ1) is 11.6. The van der Waals surface area contributed by atoms with Gasteiger partial charge in [0.15, 0.2) is 0 Å². The number of aromatic nitrogens is 2. The molecule has 2 aliphatic rings. The Bertz CT molecular complexity index is 809. The maximum atomic E-state index is 12.3. The zero-order valence-electron chi connectivity index (χ0n) is 13.3. The summed E-state index contributed by atoms with van der Waals surface area (Å²) in [7, 11) is 0. The van der Waals surface area contributed by atoms with Crippen molar-refractivity contribution in [2.75, 3.05) is 6.54 Å². The molecule has 2 heterocycles. The van der Waals surface area contributed by atoms with E-state index in [-0.39, 0.29) is 5.56 Å². The van der Waals surface area contributed by atoms with Crippen LogP contribution in [0.15, 0.2) is 23.0 Å². The molecule has 1 saturated carbocycles. The van der Waals surface area contributed by atoms with Crippen LogP contribution in [-0.2, 0) is 25.9 Å². The van der Waals surface area contributed by atoms with Gasteiger partial charge in [0.1, 0.15) is 5.82 Å². The zero-order valence-corrected chi connectivity index (χ0v) is 14.8. The summed E-state index contributed by atoms with van der Waals surface area (Å²) in [5.74, 6) is 1.55. The van der Waals surface area contributed by atoms with Crippen LogP contribution in [0.4, 0.5) is 0 Å². The standard InChI is InChI=1S/C18H19Cl2N3O/c19-13-5-12(6-14(20)8-13)9-23-4-3-15-16(10-23)21-17(22-18(15)24)7-11-1-2-11/h5-6,8,11H,1-4,7,9-10H2,(H,21,22,24). The van der Waals surface area contributed by atoms with Gasteiger partial charge in [0.25, 0.3) is 5.56 Å². The van der Waals surface area contributed by atoms with Gasteiger partial charge in [-0.25, -0.2) is 4.98 Å². The lowest BCUT2D eigenvalue weighted by Crippen LogP contribution is -2.35. The zero-order chi connectivity index (χ0) is 16.7. The van der Waals surface area contributed by atoms with Crippen molar-refractivity contribution in [2.24, 2.45) is 5.92 Å². The number of rotatable bonds is 4. The molecule has 1 aliphatic heterocycles. The second kappa shape index (κ2) is 6.51. The molecule has 1 aromatic heterocycles. The quantitative estimate of drug-likeness (QED) is 0.902. The number of nitrogens with one attached hydrogen (secondary N) is 1. The Balaban J connectivity index is 1.53. The highest BCUT2D eigenvalue weighted by Crippen LogP contribution is 2.31. The first kappa shape index (κ1) is 16.1. The molecular weight excluding hydrogens is 345 g/mol. The molecule has 4 rings (SSSR count). The first-order valence-corrected chi connectivity index (χ1v) is 9.10. The summed E-state index contributed by atoms with van der Waals surface area (Å²) in [6.07, 6.45) is 4.13. The van der Waals surface area contributed by atoms with E-state index < -0.39 is 0 Å². The third-order valence-corrected chi connectivity index (χ3v) is 5.15. The number of hydrogen-bond acceptors (Lipinski definition) is 3. The molecule has 0 atom stereocenters. The normalized spacial score (nSPS) is 17.8. The number of fused-ring (bicyclic) bond motifs is 1. The topological polar surface area (TPSA) is 49.0 Å². The summed E-state index contributed by atoms with van der Waals surface area (Å²) in [6.45, 7) is 2.29. The fourth-order valence-electron chi connectivity index (χ4n) is 3.33. The van der Waals surface area contributed by atoms with Crippen molar-refractivity contribution in [2.45, 2.75) is 38.8 Å². The Hall–Kier alpha value is -1.36. The van der Waals surface area contributed by atoms with E-state index in [9.17, 15) is 4.79 Å². The Morgan fingerprint density at radius 1 is 1.21 bits per heavy atom. The van der Waals surface area contributed by atoms with E-state index in [1.165, 1.54) is 12.8 Å². The van der Waals surface area contributed by atoms with Crippen molar-refractivity contribution in [3.63, 3.8) is 0 Å². The molecule has 1 fully saturated rings. The number of nitrogens with zero attached hydrogens (tertiary/aromatic N) is 2. The van der Waals surface area contributed by atoms with Crippen molar-refractivity contribution in [3.8, 4) is 0 Å². The van der Waals surface area contributed by atoms with Gasteiger partial charge in [-0.2, -0.15) is 0 Å². The molecule has 6 heteroatoms. The van der Waals surface area contributed by atoms with Gasteiger partial charge in [0.2, 0.25) is 0 Å². The van der Waals surface area contributed by atoms with Crippen LogP contribution in [0.25, 0.3) is 0 Å². The van der Waals surface area contributed by atoms with E-state index in [4.69, 9.17) is 28.2 Å². The van der Waals surface area contributed by atoms with Crippen LogP contribution in [0.2, 0.25) is 10.0 Å². The summed E-state index contributed by atoms with van der Waals surface area (Å²) >= 11 is 12.2. The first-order valence-electron chi connectivity index (χ1n) is 8.35. The Kier molecular flexibility index (Phi) is 4.37. The Morgan fingerprint density at radius 3 is 2.67 bits per heavy atom. The van der Waals surface area contributed by atoms with Crippen LogP contribution in [0.5, 0.6) is 0 Å². The van der Waals surface area contributed by atoms with Gasteiger partial charge in [-0.15, -0.1) is 0 Å². The molecule has 0 saturated heterocycles. The van der Waals surface area contributed by atoms with Crippen LogP contribution in [-0.4, -0.2) is 21.4 Å². The van der Waals surface area contributed by atoms with E-state index in [0.717, 1.165) is 48.6 Å². The molecule has 126 valence electrons. The Labute approximate surface area is 150 Å². The van der Waals surface area contributed by atoms with Gasteiger partial charge in [-0.3, -0.25) is 9.69 Å². The smallest absolute Gasteiger partial charge is 0.254 e. The maximum absolute atomic E-state index is 12.3. The monoisotopic (exact) mass is 363 g/mol. The van der Waals surface area contributed by atoms with Gasteiger partial charge < -0.3 is 4.98 Å². The number of hydrogen-bond donors (Lipinski definition) is 1. The van der Waals surface area contributed by atoms with Gasteiger partial charge in [0.05, 0.1) is 5.69 Å². The highest BCUT2D eigenvalue weighted by molar-refractivity contribution is 6.34. The highest BCUT2D eigenvalue weighted by Gasteiger charge is 2.25. The minimum atomic E-state index is 0.0427. The SMILES string of the molecule is O=c1[nH]c(CC2CC2)nc2c1CCN(Cc1cc(Cl)cc(Cl)c1)C2. The summed E-state index contributed by atoms with van der Waals surface area (Å²) < 4.78 is 0. The summed E-state index contributed by atoms with van der Waals surface area (Å²) in [5.41, 5.74) is 2.89. The fraction of sp³-hybridized carbons (Fsp3) is 0.444. The second-order valence-corrected chi connectivity index (χ2v) is 7.70. The minimum absolute atomic E-state index is 0.0427. The fourth-order valence-corrected chi connectivity index (χ4v) is 3.90. The van der Waals surface area contributed by atoms with E-state index >= 15 is 0 Å². The largest absolute Gasteiger partial charge is 0.310 e. The van der Waals surface area contributed by atoms with Crippen molar-refractivity contribution in [1.29, 1.82) is 0 Å². The van der Waals surface area contributed by atoms with Gasteiger partial charge in [-0.1, -0.05) is 23.2 Å². The van der Waals surface area contributed by atoms with Crippen molar-refractivity contribution < 1.29 is 0 Å². The van der Waals surface area contributed by atoms with Gasteiger partial charge >= 0.3 is 0 Å². The molecule has 1 N–H and O–H groups in total. The molecule has 4 nitrogen and oxygen atoms in total. The molecule has 1 aliphatic carbocycles. The molecule has 0 amide bonds. The number of benzene rings is 1. The lowest BCUT2D eigenvalue weighted by Gasteiger charge is -2.27. The second-order valence-electron chi connectivity index (χ2n) is 6.82. The predicted molar refractivity (Wildman–Crippen MR) is 95.6 cm³/mol. The minimum Gasteiger partial charge on any atom is -0.310 e. The summed E-state index contributed by atoms with van der Waals surface area (Å²) in [4.78, 5) is 22.3. The molecular formula is C18H19Cl2N3O. The lowest BCUT2D eigenvalue weighted by molar-refractivity contribution is 0.240. The molecule has 0 spiro atoms. The third kappa shape index (κ3) is 3.66. The number of aromatic amines is 1. The average molecular weight is 364 g/mol. The third-order valence-electron chi connectivity index (χ3n) is 4.71. The van der Waals surface area contributed by atoms with E-state index in [1.807, 2.05) is 12.1 Å². The molecule has 0 radical (unpaired) electrons. The van der Waals surface area contributed by atoms with Crippen LogP contribution in [0.1, 0.15) is 35.5 Å². The van der Waals surface area contributed by atoms with E-state index in [1.54, 1.807) is 6.07 Å². The van der Waals surface area contributed by atoms with E-state index in [0.29, 0.717) is 22.5 Å². The van der Waals surface area contributed by atoms with E-state index in [2.05, 4.69) is 9.88 Å². The molecule has 24 heavy (non-hydrogen) atoms. The van der Waals surface area contributed by atoms with Crippen LogP contribution in [0, 0.1) is 5.92 Å². The van der Waals surface area contributed by atoms with Gasteiger partial charge in [0, 0.05) is 41.7 Å². The van der Waals surface area contributed by atoms with Crippen LogP contribution >= 0.6 is 23.2 Å². The maximum Gasteiger partial charge on any atom is 0.254 e. The number of H-pyrrole nitrogens is 1. The predicted octanol–water partition coefficient (Wildman–Crippen LogP) is 3.59. The lowest BCUT2D eigenvalue weighted by atomic mass is 10.1. The van der Waals surface area contributed by atoms with Crippen molar-refractivity contribution >= 4 is 23.2 Å².